The van der Waals surface area contributed by atoms with E-state index in [1.54, 1.807) is 12.1 Å². The van der Waals surface area contributed by atoms with E-state index in [-0.39, 0.29) is 5.69 Å². The topological polar surface area (TPSA) is 43.1 Å². The summed E-state index contributed by atoms with van der Waals surface area (Å²) in [7, 11) is 0. The molecule has 0 fully saturated rings. The van der Waals surface area contributed by atoms with Gasteiger partial charge in [0.05, 0.1) is 16.1 Å². The van der Waals surface area contributed by atoms with Gasteiger partial charge in [0.2, 0.25) is 0 Å². The third kappa shape index (κ3) is 2.09. The molecule has 0 atom stereocenters. The number of alkyl halides is 1. The number of hydrogen-bond acceptors (Lipinski definition) is 2. The van der Waals surface area contributed by atoms with Crippen LogP contribution in [0.25, 0.3) is 0 Å². The lowest BCUT2D eigenvalue weighted by atomic mass is 10.0. The molecule has 0 unspecified atom stereocenters. The van der Waals surface area contributed by atoms with Gasteiger partial charge in [0.15, 0.2) is 0 Å². The number of nitro benzene ring substituents is 1. The second-order valence-corrected chi connectivity index (χ2v) is 3.66. The second kappa shape index (κ2) is 4.50. The van der Waals surface area contributed by atoms with Gasteiger partial charge in [-0.3, -0.25) is 14.5 Å². The van der Waals surface area contributed by atoms with Gasteiger partial charge in [0.1, 0.15) is 0 Å². The van der Waals surface area contributed by atoms with Gasteiger partial charge in [-0.25, -0.2) is 0 Å². The summed E-state index contributed by atoms with van der Waals surface area (Å²) in [5, 5.41) is 10.7. The lowest BCUT2D eigenvalue weighted by Gasteiger charge is -2.07. The Bertz CT molecular complexity index is 357. The smallest absolute Gasteiger partial charge is 0.258 e. The molecule has 0 aliphatic rings. The van der Waals surface area contributed by atoms with E-state index in [0.717, 1.165) is 0 Å². The average Bonchev–Trinajstić information content (AvgIpc) is 2.15. The lowest BCUT2D eigenvalue weighted by molar-refractivity contribution is -0.386. The Morgan fingerprint density at radius 1 is 1.64 bits per heavy atom. The van der Waals surface area contributed by atoms with Crippen molar-refractivity contribution in [1.29, 1.82) is 0 Å². The zero-order valence-corrected chi connectivity index (χ0v) is 9.04. The molecule has 0 aliphatic heterocycles. The molecule has 0 amide bonds. The largest absolute Gasteiger partial charge is 0.287 e. The summed E-state index contributed by atoms with van der Waals surface area (Å²) < 4.78 is 12.7. The molecular weight excluding hydrogens is 253 g/mol. The summed E-state index contributed by atoms with van der Waals surface area (Å²) in [5.41, 5.74) is 0.259. The van der Waals surface area contributed by atoms with Crippen LogP contribution in [-0.4, -0.2) is 11.6 Å². The Labute approximate surface area is 89.2 Å². The standard InChI is InChI=1S/C9H8BrFNO2/c1-6(5-11)7-3-2-4-8(10)9(7)12(13)14/h2-4H,5H2,1H3. The molecule has 0 aliphatic carbocycles. The lowest BCUT2D eigenvalue weighted by Crippen LogP contribution is -2.02. The maximum absolute atomic E-state index is 12.4. The summed E-state index contributed by atoms with van der Waals surface area (Å²) in [5.74, 6) is 0.359. The molecular formula is C9H8BrFNO2. The van der Waals surface area contributed by atoms with Crippen molar-refractivity contribution in [3.05, 3.63) is 44.3 Å². The normalized spacial score (nSPS) is 10.6. The van der Waals surface area contributed by atoms with Crippen molar-refractivity contribution in [2.24, 2.45) is 0 Å². The van der Waals surface area contributed by atoms with Gasteiger partial charge >= 0.3 is 0 Å². The summed E-state index contributed by atoms with van der Waals surface area (Å²) in [6, 6.07) is 4.75. The molecule has 0 saturated carbocycles. The fraction of sp³-hybridized carbons (Fsp3) is 0.222. The van der Waals surface area contributed by atoms with Gasteiger partial charge in [0, 0.05) is 11.5 Å². The molecule has 0 aromatic heterocycles. The molecule has 5 heteroatoms. The molecule has 1 radical (unpaired) electrons. The Morgan fingerprint density at radius 2 is 2.29 bits per heavy atom. The van der Waals surface area contributed by atoms with Crippen LogP contribution >= 0.6 is 15.9 Å². The Hall–Kier alpha value is -0.970. The highest BCUT2D eigenvalue weighted by Gasteiger charge is 2.22. The fourth-order valence-electron chi connectivity index (χ4n) is 1.12. The highest BCUT2D eigenvalue weighted by atomic mass is 79.9. The average molecular weight is 261 g/mol. The van der Waals surface area contributed by atoms with E-state index >= 15 is 0 Å². The third-order valence-corrected chi connectivity index (χ3v) is 2.47. The first-order valence-corrected chi connectivity index (χ1v) is 4.69. The predicted molar refractivity (Wildman–Crippen MR) is 54.8 cm³/mol. The number of nitrogens with zero attached hydrogens (tertiary/aromatic N) is 1. The first kappa shape index (κ1) is 11.1. The second-order valence-electron chi connectivity index (χ2n) is 2.81. The number of para-hydroxylation sites is 1. The van der Waals surface area contributed by atoms with Crippen LogP contribution in [0.5, 0.6) is 0 Å². The maximum atomic E-state index is 12.4. The van der Waals surface area contributed by atoms with E-state index < -0.39 is 11.6 Å². The molecule has 0 heterocycles. The Kier molecular flexibility index (Phi) is 3.57. The van der Waals surface area contributed by atoms with E-state index in [2.05, 4.69) is 15.9 Å². The van der Waals surface area contributed by atoms with Gasteiger partial charge in [-0.05, 0) is 22.0 Å². The fourth-order valence-corrected chi connectivity index (χ4v) is 1.63. The van der Waals surface area contributed by atoms with Crippen LogP contribution < -0.4 is 0 Å². The number of halogens is 2. The molecule has 1 rings (SSSR count). The molecule has 3 nitrogen and oxygen atoms in total. The van der Waals surface area contributed by atoms with Crippen LogP contribution in [0.2, 0.25) is 0 Å². The van der Waals surface area contributed by atoms with E-state index in [0.29, 0.717) is 16.0 Å². The minimum atomic E-state index is -0.683. The first-order valence-electron chi connectivity index (χ1n) is 3.89. The zero-order valence-electron chi connectivity index (χ0n) is 7.46. The van der Waals surface area contributed by atoms with Crippen LogP contribution in [0, 0.1) is 16.0 Å². The molecule has 14 heavy (non-hydrogen) atoms. The number of nitro groups is 1. The molecule has 0 bridgehead atoms. The van der Waals surface area contributed by atoms with Crippen LogP contribution in [0.1, 0.15) is 12.5 Å². The third-order valence-electron chi connectivity index (χ3n) is 1.83. The molecule has 0 spiro atoms. The molecule has 75 valence electrons. The van der Waals surface area contributed by atoms with Crippen LogP contribution in [0.3, 0.4) is 0 Å². The van der Waals surface area contributed by atoms with Crippen molar-refractivity contribution in [2.75, 3.05) is 6.67 Å². The summed E-state index contributed by atoms with van der Waals surface area (Å²) in [4.78, 5) is 10.2. The predicted octanol–water partition coefficient (Wildman–Crippen LogP) is 3.27. The molecule has 1 aromatic carbocycles. The van der Waals surface area contributed by atoms with Crippen molar-refractivity contribution in [1.82, 2.24) is 0 Å². The van der Waals surface area contributed by atoms with Crippen molar-refractivity contribution in [3.8, 4) is 0 Å². The number of benzene rings is 1. The molecule has 0 saturated heterocycles. The minimum Gasteiger partial charge on any atom is -0.258 e. The number of hydrogen-bond donors (Lipinski definition) is 0. The summed E-state index contributed by atoms with van der Waals surface area (Å²) >= 11 is 3.07. The summed E-state index contributed by atoms with van der Waals surface area (Å²) in [6.07, 6.45) is 0. The van der Waals surface area contributed by atoms with Crippen LogP contribution in [-0.2, 0) is 0 Å². The van der Waals surface area contributed by atoms with Gasteiger partial charge in [-0.1, -0.05) is 19.1 Å². The first-order chi connectivity index (χ1) is 6.57. The van der Waals surface area contributed by atoms with E-state index in [4.69, 9.17) is 0 Å². The molecule has 0 N–H and O–H groups in total. The minimum absolute atomic E-state index is 0.0809. The highest BCUT2D eigenvalue weighted by Crippen LogP contribution is 2.32. The van der Waals surface area contributed by atoms with Crippen molar-refractivity contribution in [2.45, 2.75) is 6.92 Å². The highest BCUT2D eigenvalue weighted by molar-refractivity contribution is 9.10. The van der Waals surface area contributed by atoms with Gasteiger partial charge in [-0.2, -0.15) is 0 Å². The van der Waals surface area contributed by atoms with Crippen molar-refractivity contribution in [3.63, 3.8) is 0 Å². The van der Waals surface area contributed by atoms with Gasteiger partial charge in [0.25, 0.3) is 5.69 Å². The quantitative estimate of drug-likeness (QED) is 0.619. The van der Waals surface area contributed by atoms with Crippen molar-refractivity contribution < 1.29 is 9.31 Å². The monoisotopic (exact) mass is 260 g/mol. The van der Waals surface area contributed by atoms with Gasteiger partial charge < -0.3 is 0 Å². The van der Waals surface area contributed by atoms with Crippen LogP contribution in [0.4, 0.5) is 10.1 Å². The van der Waals surface area contributed by atoms with Crippen molar-refractivity contribution >= 4 is 21.6 Å². The maximum Gasteiger partial charge on any atom is 0.287 e. The zero-order chi connectivity index (χ0) is 10.7. The number of rotatable bonds is 3. The SMILES string of the molecule is C[C](CF)c1cccc(Br)c1[N+](=O)[O-]. The van der Waals surface area contributed by atoms with E-state index in [1.807, 2.05) is 0 Å². The van der Waals surface area contributed by atoms with E-state index in [1.165, 1.54) is 13.0 Å². The Balaban J connectivity index is 3.28. The Morgan fingerprint density at radius 3 is 2.79 bits per heavy atom. The van der Waals surface area contributed by atoms with E-state index in [9.17, 15) is 14.5 Å². The van der Waals surface area contributed by atoms with Crippen LogP contribution in [0.15, 0.2) is 22.7 Å². The van der Waals surface area contributed by atoms with Gasteiger partial charge in [-0.15, -0.1) is 0 Å². The summed E-state index contributed by atoms with van der Waals surface area (Å²) in [6.45, 7) is 0.853. The molecule has 1 aromatic rings.